The number of rotatable bonds is 2. The number of nitrogen functional groups attached to an aromatic ring is 1. The van der Waals surface area contributed by atoms with Crippen LogP contribution in [0.25, 0.3) is 11.2 Å². The molecule has 3 rings (SSSR count). The third-order valence-corrected chi connectivity index (χ3v) is 4.15. The monoisotopic (exact) mass is 317 g/mol. The SMILES string of the molecule is CS[C@H]1O[C@@H](n2cnc3c(N)nc(Cl)nc32)[C@H](O)[C@@H]1O. The largest absolute Gasteiger partial charge is 0.387 e. The van der Waals surface area contributed by atoms with Crippen molar-refractivity contribution in [3.8, 4) is 0 Å². The Bertz CT molecular complexity index is 653. The van der Waals surface area contributed by atoms with Gasteiger partial charge in [-0.3, -0.25) is 4.57 Å². The van der Waals surface area contributed by atoms with Gasteiger partial charge in [0.1, 0.15) is 23.2 Å². The van der Waals surface area contributed by atoms with Crippen LogP contribution in [0.4, 0.5) is 5.82 Å². The van der Waals surface area contributed by atoms with Crippen LogP contribution in [0.5, 0.6) is 0 Å². The molecular formula is C10H12ClN5O3S. The Balaban J connectivity index is 2.07. The van der Waals surface area contributed by atoms with E-state index in [1.165, 1.54) is 22.7 Å². The van der Waals surface area contributed by atoms with E-state index in [2.05, 4.69) is 15.0 Å². The molecule has 1 aliphatic heterocycles. The molecule has 0 unspecified atom stereocenters. The van der Waals surface area contributed by atoms with Gasteiger partial charge in [-0.2, -0.15) is 9.97 Å². The fourth-order valence-corrected chi connectivity index (χ4v) is 2.99. The summed E-state index contributed by atoms with van der Waals surface area (Å²) in [6.45, 7) is 0. The van der Waals surface area contributed by atoms with Crippen molar-refractivity contribution in [1.82, 2.24) is 19.5 Å². The maximum absolute atomic E-state index is 10.1. The van der Waals surface area contributed by atoms with E-state index in [1.54, 1.807) is 6.26 Å². The number of thioether (sulfide) groups is 1. The van der Waals surface area contributed by atoms with Crippen LogP contribution < -0.4 is 5.73 Å². The molecule has 0 saturated carbocycles. The van der Waals surface area contributed by atoms with Crippen molar-refractivity contribution in [3.05, 3.63) is 11.6 Å². The fraction of sp³-hybridized carbons (Fsp3) is 0.500. The van der Waals surface area contributed by atoms with E-state index in [0.717, 1.165) is 0 Å². The molecule has 0 bridgehead atoms. The van der Waals surface area contributed by atoms with Gasteiger partial charge in [0.2, 0.25) is 5.28 Å². The number of aromatic nitrogens is 4. The summed E-state index contributed by atoms with van der Waals surface area (Å²) in [6, 6.07) is 0. The fourth-order valence-electron chi connectivity index (χ4n) is 2.15. The molecule has 2 aromatic heterocycles. The molecule has 4 N–H and O–H groups in total. The lowest BCUT2D eigenvalue weighted by atomic mass is 10.2. The zero-order valence-corrected chi connectivity index (χ0v) is 11.9. The highest BCUT2D eigenvalue weighted by atomic mass is 35.5. The van der Waals surface area contributed by atoms with Crippen molar-refractivity contribution < 1.29 is 14.9 Å². The lowest BCUT2D eigenvalue weighted by molar-refractivity contribution is -0.0192. The summed E-state index contributed by atoms with van der Waals surface area (Å²) < 4.78 is 7.10. The van der Waals surface area contributed by atoms with E-state index in [0.29, 0.717) is 11.2 Å². The zero-order chi connectivity index (χ0) is 14.4. The van der Waals surface area contributed by atoms with Crippen molar-refractivity contribution in [1.29, 1.82) is 0 Å². The number of hydrogen-bond acceptors (Lipinski definition) is 8. The van der Waals surface area contributed by atoms with Gasteiger partial charge in [-0.05, 0) is 17.9 Å². The van der Waals surface area contributed by atoms with Crippen LogP contribution in [0, 0.1) is 0 Å². The van der Waals surface area contributed by atoms with Gasteiger partial charge in [0.15, 0.2) is 17.7 Å². The Morgan fingerprint density at radius 2 is 2.15 bits per heavy atom. The molecule has 0 spiro atoms. The molecule has 0 amide bonds. The molecule has 8 nitrogen and oxygen atoms in total. The maximum atomic E-state index is 10.1. The van der Waals surface area contributed by atoms with Crippen molar-refractivity contribution in [3.63, 3.8) is 0 Å². The first-order chi connectivity index (χ1) is 9.52. The summed E-state index contributed by atoms with van der Waals surface area (Å²) in [7, 11) is 0. The third kappa shape index (κ3) is 2.02. The number of ether oxygens (including phenoxy) is 1. The van der Waals surface area contributed by atoms with Crippen LogP contribution in [-0.4, -0.2) is 53.6 Å². The number of nitrogens with two attached hydrogens (primary N) is 1. The van der Waals surface area contributed by atoms with Crippen molar-refractivity contribution >= 4 is 40.3 Å². The van der Waals surface area contributed by atoms with Crippen LogP contribution in [0.15, 0.2) is 6.33 Å². The second kappa shape index (κ2) is 5.01. The van der Waals surface area contributed by atoms with Crippen LogP contribution in [0.2, 0.25) is 5.28 Å². The Hall–Kier alpha value is -1.13. The highest BCUT2D eigenvalue weighted by Crippen LogP contribution is 2.35. The predicted octanol–water partition coefficient (Wildman–Crippen LogP) is 0.00160. The minimum Gasteiger partial charge on any atom is -0.387 e. The standard InChI is InChI=1S/C10H12ClN5O3S/c1-20-9-5(18)4(17)8(19-9)16-2-13-3-6(12)14-10(11)15-7(3)16/h2,4-5,8-9,17-18H,1H3,(H2,12,14,15)/t4-,5+,8-,9-/m1/s1. The quantitative estimate of drug-likeness (QED) is 0.662. The first-order valence-electron chi connectivity index (χ1n) is 5.73. The van der Waals surface area contributed by atoms with Gasteiger partial charge < -0.3 is 20.7 Å². The Labute approximate surface area is 122 Å². The van der Waals surface area contributed by atoms with Gasteiger partial charge in [0.05, 0.1) is 6.33 Å². The minimum absolute atomic E-state index is 0.0220. The second-order valence-electron chi connectivity index (χ2n) is 4.31. The van der Waals surface area contributed by atoms with Gasteiger partial charge in [0.25, 0.3) is 0 Å². The van der Waals surface area contributed by atoms with E-state index in [9.17, 15) is 10.2 Å². The van der Waals surface area contributed by atoms with Gasteiger partial charge in [-0.1, -0.05) is 0 Å². The predicted molar refractivity (Wildman–Crippen MR) is 74.2 cm³/mol. The molecular weight excluding hydrogens is 306 g/mol. The van der Waals surface area contributed by atoms with E-state index in [1.807, 2.05) is 0 Å². The molecule has 20 heavy (non-hydrogen) atoms. The van der Waals surface area contributed by atoms with E-state index < -0.39 is 23.9 Å². The lowest BCUT2D eigenvalue weighted by Crippen LogP contribution is -2.30. The number of nitrogens with zero attached hydrogens (tertiary/aromatic N) is 4. The smallest absolute Gasteiger partial charge is 0.226 e. The number of aliphatic hydroxyl groups is 2. The summed E-state index contributed by atoms with van der Waals surface area (Å²) in [4.78, 5) is 11.9. The lowest BCUT2D eigenvalue weighted by Gasteiger charge is -2.16. The maximum Gasteiger partial charge on any atom is 0.226 e. The van der Waals surface area contributed by atoms with Gasteiger partial charge in [0, 0.05) is 0 Å². The molecule has 10 heteroatoms. The average Bonchev–Trinajstić information content (AvgIpc) is 2.93. The van der Waals surface area contributed by atoms with Gasteiger partial charge in [-0.15, -0.1) is 11.8 Å². The van der Waals surface area contributed by atoms with Crippen LogP contribution >= 0.6 is 23.4 Å². The number of hydrogen-bond donors (Lipinski definition) is 3. The summed E-state index contributed by atoms with van der Waals surface area (Å²) in [5.41, 5.74) is 5.91. The molecule has 1 fully saturated rings. The molecule has 4 atom stereocenters. The van der Waals surface area contributed by atoms with Crippen molar-refractivity contribution in [2.45, 2.75) is 23.9 Å². The molecule has 0 aromatic carbocycles. The first kappa shape index (κ1) is 13.8. The van der Waals surface area contributed by atoms with Crippen LogP contribution in [0.3, 0.4) is 0 Å². The second-order valence-corrected chi connectivity index (χ2v) is 5.59. The topological polar surface area (TPSA) is 119 Å². The third-order valence-electron chi connectivity index (χ3n) is 3.12. The number of aliphatic hydroxyl groups excluding tert-OH is 2. The molecule has 108 valence electrons. The van der Waals surface area contributed by atoms with Crippen molar-refractivity contribution in [2.75, 3.05) is 12.0 Å². The van der Waals surface area contributed by atoms with Crippen molar-refractivity contribution in [2.24, 2.45) is 0 Å². The Morgan fingerprint density at radius 3 is 2.80 bits per heavy atom. The normalized spacial score (nSPS) is 30.2. The Morgan fingerprint density at radius 1 is 1.40 bits per heavy atom. The average molecular weight is 318 g/mol. The summed E-state index contributed by atoms with van der Waals surface area (Å²) in [5, 5.41) is 20.0. The first-order valence-corrected chi connectivity index (χ1v) is 7.39. The molecule has 3 heterocycles. The molecule has 2 aromatic rings. The molecule has 1 aliphatic rings. The van der Waals surface area contributed by atoms with Gasteiger partial charge in [-0.25, -0.2) is 4.98 Å². The highest BCUT2D eigenvalue weighted by Gasteiger charge is 2.44. The number of fused-ring (bicyclic) bond motifs is 1. The van der Waals surface area contributed by atoms with Crippen LogP contribution in [0.1, 0.15) is 6.23 Å². The Kier molecular flexibility index (Phi) is 3.46. The van der Waals surface area contributed by atoms with E-state index in [4.69, 9.17) is 22.1 Å². The number of imidazole rings is 1. The van der Waals surface area contributed by atoms with Gasteiger partial charge >= 0.3 is 0 Å². The molecule has 1 saturated heterocycles. The van der Waals surface area contributed by atoms with E-state index in [-0.39, 0.29) is 11.1 Å². The molecule has 0 aliphatic carbocycles. The highest BCUT2D eigenvalue weighted by molar-refractivity contribution is 7.99. The van der Waals surface area contributed by atoms with Crippen LogP contribution in [-0.2, 0) is 4.74 Å². The van der Waals surface area contributed by atoms with E-state index >= 15 is 0 Å². The summed E-state index contributed by atoms with van der Waals surface area (Å²) in [6.07, 6.45) is 0.307. The zero-order valence-electron chi connectivity index (χ0n) is 10.3. The minimum atomic E-state index is -1.10. The molecule has 0 radical (unpaired) electrons. The number of halogens is 1. The number of anilines is 1. The summed E-state index contributed by atoms with van der Waals surface area (Å²) >= 11 is 7.09. The summed E-state index contributed by atoms with van der Waals surface area (Å²) in [5.74, 6) is 0.146.